The van der Waals surface area contributed by atoms with Gasteiger partial charge in [0.1, 0.15) is 57.1 Å². The third-order valence-corrected chi connectivity index (χ3v) is 22.9. The van der Waals surface area contributed by atoms with E-state index in [9.17, 15) is 45.0 Å². The average molecular weight is 1920 g/mol. The summed E-state index contributed by atoms with van der Waals surface area (Å²) in [5.74, 6) is 0.124. The molecule has 6 bridgehead atoms. The molecule has 48 heteroatoms. The van der Waals surface area contributed by atoms with Gasteiger partial charge in [0.15, 0.2) is 18.9 Å². The number of hydrogen-bond acceptors (Lipinski definition) is 44. The van der Waals surface area contributed by atoms with Crippen molar-refractivity contribution in [3.63, 3.8) is 0 Å². The zero-order valence-corrected chi connectivity index (χ0v) is 76.7. The van der Waals surface area contributed by atoms with E-state index in [0.717, 1.165) is 5.03 Å². The molecule has 3 amide bonds. The van der Waals surface area contributed by atoms with Crippen LogP contribution >= 0.6 is 21.6 Å². The number of ether oxygens (including phenoxy) is 25. The van der Waals surface area contributed by atoms with E-state index in [1.807, 2.05) is 18.2 Å². The van der Waals surface area contributed by atoms with Crippen LogP contribution in [0.2, 0.25) is 0 Å². The fourth-order valence-corrected chi connectivity index (χ4v) is 15.5. The van der Waals surface area contributed by atoms with Gasteiger partial charge >= 0.3 is 0 Å². The number of unbranched alkanes of at least 4 members (excludes halogenated alkanes) is 2. The Morgan fingerprint density at radius 3 is 1.40 bits per heavy atom. The summed E-state index contributed by atoms with van der Waals surface area (Å²) in [4.78, 5) is 43.3. The van der Waals surface area contributed by atoms with Crippen LogP contribution in [0.3, 0.4) is 0 Å². The van der Waals surface area contributed by atoms with Crippen LogP contribution < -0.4 is 32.3 Å². The standard InChI is InChI=1S/C83H142N12O34S2/c84-64(49-86-12-17-106-22-27-111-33-36-115-39-42-118-58-81-61-124-74(127-81)46-67(96)77(81)102)52-121-55-80(56-122-53-65(92-85)50-87-13-18-107-23-28-112-34-37-116-40-43-119-59-82-62-125-75(128-82)47-68(97)78(82)103,57-123-54-66-51-95(94-93-66)15-20-109-25-30-114-35-38-117-41-44-120-60-83-63-126-76(129-83)48-69(98)79(83)104)91-72(101)6-2-1-4-10-88-70(99)8-16-105-21-26-110-31-32-113-29-24-108-19-14-89-71(100)9-45-130-131-73-7-3-5-11-90-73/h3,5,7,11,49-51,67-69,74-79,85-87,96-98,102-104H,1-2,4,6,8-10,12-48,52-63,84H2,(H,88,99)(H,89,100)(H,91,101)/b64-49-,65-50-,92-85?/t67-,68-,69-,74+,75+,76+,77-,78-,79-,80?,81+,82+,83+/m1/s1. The van der Waals surface area contributed by atoms with Crippen molar-refractivity contribution < 1.29 is 163 Å². The van der Waals surface area contributed by atoms with Gasteiger partial charge in [-0.1, -0.05) is 28.5 Å². The molecule has 1 unspecified atom stereocenters. The number of aliphatic hydroxyl groups is 6. The molecular weight excluding hydrogens is 1770 g/mol. The zero-order chi connectivity index (χ0) is 92.8. The predicted octanol–water partition coefficient (Wildman–Crippen LogP) is -2.08. The molecule has 131 heavy (non-hydrogen) atoms. The molecule has 8 heterocycles. The number of rotatable bonds is 84. The number of nitrogens with zero attached hydrogens (tertiary/aromatic N) is 5. The van der Waals surface area contributed by atoms with Gasteiger partial charge in [-0.15, -0.1) is 5.10 Å². The number of carbonyl (C=O) groups is 3. The molecule has 0 aliphatic carbocycles. The lowest BCUT2D eigenvalue weighted by molar-refractivity contribution is -0.225. The summed E-state index contributed by atoms with van der Waals surface area (Å²) >= 11 is 0. The van der Waals surface area contributed by atoms with E-state index in [1.54, 1.807) is 44.9 Å². The van der Waals surface area contributed by atoms with Crippen molar-refractivity contribution in [3.05, 3.63) is 60.1 Å². The number of carbonyl (C=O) groups excluding carboxylic acids is 3. The number of fused-ring (bicyclic) bond motifs is 6. The van der Waals surface area contributed by atoms with Gasteiger partial charge in [0.2, 0.25) is 17.7 Å². The van der Waals surface area contributed by atoms with E-state index < -0.39 is 77.8 Å². The summed E-state index contributed by atoms with van der Waals surface area (Å²) in [5.41, 5.74) is 10.8. The zero-order valence-electron chi connectivity index (χ0n) is 75.1. The number of pyridine rings is 1. The first-order valence-corrected chi connectivity index (χ1v) is 47.2. The second kappa shape index (κ2) is 67.0. The quantitative estimate of drug-likeness (QED) is 0.0192. The van der Waals surface area contributed by atoms with Crippen LogP contribution in [0.4, 0.5) is 0 Å². The van der Waals surface area contributed by atoms with Gasteiger partial charge in [0.05, 0.1) is 308 Å². The molecule has 2 aromatic heterocycles. The van der Waals surface area contributed by atoms with Crippen LogP contribution in [0.1, 0.15) is 63.5 Å². The number of aliphatic hydroxyl groups excluding tert-OH is 6. The molecule has 2 aromatic rings. The average Bonchev–Trinajstić information content (AvgIpc) is 1.64. The molecule has 8 rings (SSSR count). The number of amides is 3. The summed E-state index contributed by atoms with van der Waals surface area (Å²) < 4.78 is 145. The summed E-state index contributed by atoms with van der Waals surface area (Å²) in [6.45, 7) is 10.8. The number of hydrogen-bond donors (Lipinski definition) is 13. The van der Waals surface area contributed by atoms with E-state index in [2.05, 4.69) is 47.0 Å². The van der Waals surface area contributed by atoms with E-state index >= 15 is 0 Å². The van der Waals surface area contributed by atoms with Crippen molar-refractivity contribution in [2.75, 3.05) is 296 Å². The molecule has 6 saturated heterocycles. The van der Waals surface area contributed by atoms with Crippen LogP contribution in [0.5, 0.6) is 0 Å². The van der Waals surface area contributed by atoms with Gasteiger partial charge in [0.25, 0.3) is 0 Å². The summed E-state index contributed by atoms with van der Waals surface area (Å²) in [6.07, 6.45) is 1.70. The van der Waals surface area contributed by atoms with E-state index in [0.29, 0.717) is 228 Å². The number of nitrogens with one attached hydrogen (secondary N) is 6. The van der Waals surface area contributed by atoms with Crippen molar-refractivity contribution in [2.24, 2.45) is 10.8 Å². The first-order chi connectivity index (χ1) is 64.0. The first kappa shape index (κ1) is 111. The topological polar surface area (TPSA) is 569 Å². The van der Waals surface area contributed by atoms with Gasteiger partial charge in [0, 0.05) is 89.1 Å². The Labute approximate surface area is 772 Å². The maximum atomic E-state index is 14.2. The van der Waals surface area contributed by atoms with Gasteiger partial charge in [-0.25, -0.2) is 15.2 Å². The first-order valence-electron chi connectivity index (χ1n) is 44.9. The minimum Gasteiger partial charge on any atom is -0.399 e. The molecule has 6 aliphatic rings. The molecule has 750 valence electrons. The Balaban J connectivity index is 0.731. The number of aromatic nitrogens is 4. The van der Waals surface area contributed by atoms with Gasteiger partial charge in [-0.3, -0.25) is 14.4 Å². The Kier molecular flexibility index (Phi) is 56.7. The van der Waals surface area contributed by atoms with E-state index in [1.165, 1.54) is 6.20 Å². The minimum atomic E-state index is -1.37. The third kappa shape index (κ3) is 45.2. The Morgan fingerprint density at radius 2 is 0.916 bits per heavy atom. The molecule has 13 atom stereocenters. The lowest BCUT2D eigenvalue weighted by atomic mass is 9.91. The molecule has 0 radical (unpaired) electrons. The maximum Gasteiger partial charge on any atom is 0.222 e. The molecule has 46 nitrogen and oxygen atoms in total. The van der Waals surface area contributed by atoms with Crippen molar-refractivity contribution in [1.82, 2.24) is 46.6 Å². The Morgan fingerprint density at radius 1 is 0.489 bits per heavy atom. The van der Waals surface area contributed by atoms with Crippen LogP contribution in [-0.2, 0) is 146 Å². The number of nitrogens with two attached hydrogens (primary N) is 1. The van der Waals surface area contributed by atoms with Crippen LogP contribution in [0, 0.1) is 5.53 Å². The van der Waals surface area contributed by atoms with Gasteiger partial charge in [-0.05, 0) is 35.8 Å². The molecular formula is C83H142N12O34S2. The minimum absolute atomic E-state index is 0.0325. The largest absolute Gasteiger partial charge is 0.399 e. The van der Waals surface area contributed by atoms with Crippen LogP contribution in [0.25, 0.3) is 0 Å². The van der Waals surface area contributed by atoms with Crippen molar-refractivity contribution in [3.8, 4) is 0 Å². The third-order valence-electron chi connectivity index (χ3n) is 20.6. The van der Waals surface area contributed by atoms with Crippen molar-refractivity contribution in [2.45, 2.75) is 154 Å². The van der Waals surface area contributed by atoms with Crippen molar-refractivity contribution in [1.29, 1.82) is 5.53 Å². The molecule has 6 aliphatic heterocycles. The fraction of sp³-hybridized carbons (Fsp3) is 0.831. The Hall–Kier alpha value is -5.36. The maximum absolute atomic E-state index is 14.2. The van der Waals surface area contributed by atoms with Crippen LogP contribution in [0.15, 0.2) is 64.5 Å². The second-order valence-electron chi connectivity index (χ2n) is 31.4. The Bertz CT molecular complexity index is 3420. The highest BCUT2D eigenvalue weighted by Gasteiger charge is 2.57. The van der Waals surface area contributed by atoms with Crippen LogP contribution in [-0.4, -0.2) is 442 Å². The monoisotopic (exact) mass is 1910 g/mol. The normalized spacial score (nSPS) is 23.9. The van der Waals surface area contributed by atoms with Crippen molar-refractivity contribution >= 4 is 39.3 Å². The smallest absolute Gasteiger partial charge is 0.222 e. The lowest BCUT2D eigenvalue weighted by Gasteiger charge is -2.38. The highest BCUT2D eigenvalue weighted by molar-refractivity contribution is 8.76. The summed E-state index contributed by atoms with van der Waals surface area (Å²) in [7, 11) is 3.12. The lowest BCUT2D eigenvalue weighted by Crippen LogP contribution is -2.58. The van der Waals surface area contributed by atoms with Gasteiger partial charge < -0.3 is 181 Å². The SMILES string of the molecule is N=N/C(=C\NCCOCCOCCOCCOC[C@]12CO[C@H](C[C@@H](O)[C@H]1O)O2)COCC(COC/C(N)=C/NCCOCCOCCOCCOC[C@]12CO[C@H](C[C@@H](O)[C@H]1O)O2)(COCc1cn(CCOCCOCCOCCOC[C@]23CO[C@H](C[C@@H](O)[C@H]2O)O3)nn1)NC(=O)CCCCCNC(=O)CCOCCOCCOCCOCCNC(=O)CCSSc1ccccn1. The summed E-state index contributed by atoms with van der Waals surface area (Å²) in [5, 5.41) is 90.1. The molecule has 14 N–H and O–H groups in total. The molecule has 6 fully saturated rings. The predicted molar refractivity (Wildman–Crippen MR) is 464 cm³/mol. The molecule has 0 saturated carbocycles. The molecule has 0 aromatic carbocycles. The fourth-order valence-electron chi connectivity index (χ4n) is 13.7. The highest BCUT2D eigenvalue weighted by atomic mass is 33.1. The van der Waals surface area contributed by atoms with E-state index in [4.69, 9.17) is 130 Å². The highest BCUT2D eigenvalue weighted by Crippen LogP contribution is 2.40. The van der Waals surface area contributed by atoms with Gasteiger partial charge in [-0.2, -0.15) is 5.11 Å². The summed E-state index contributed by atoms with van der Waals surface area (Å²) in [6, 6.07) is 5.72. The second-order valence-corrected chi connectivity index (χ2v) is 33.8. The van der Waals surface area contributed by atoms with E-state index in [-0.39, 0.29) is 174 Å². The molecule has 0 spiro atoms.